The molecule has 0 aromatic rings. The van der Waals surface area contributed by atoms with Crippen molar-refractivity contribution in [3.8, 4) is 12.1 Å². The molecule has 0 spiro atoms. The first kappa shape index (κ1) is 41.1. The Bertz CT molecular complexity index is 852. The smallest absolute Gasteiger partial charge is 0.165 e. The standard InChI is InChI=1S/C32H56N4O2S4/c1-30(26-33,22-19-28(37)41)35-36-31(2,27-34)25-32(29(38)42,20-15-11-7-3-5-9-13-17-23-39)21-16-12-8-4-6-10-14-18-24-40/h39-40H,3-25H2,1-2H3,(H,37,41)(H,38,42). The molecule has 0 rings (SSSR count). The van der Waals surface area contributed by atoms with Crippen LogP contribution in [0.15, 0.2) is 10.2 Å². The van der Waals surface area contributed by atoms with Gasteiger partial charge in [0, 0.05) is 18.3 Å². The highest BCUT2D eigenvalue weighted by atomic mass is 32.1. The van der Waals surface area contributed by atoms with Gasteiger partial charge in [0.05, 0.1) is 12.1 Å². The predicted octanol–water partition coefficient (Wildman–Crippen LogP) is 10.8. The first-order valence-electron chi connectivity index (χ1n) is 16.0. The first-order chi connectivity index (χ1) is 20.0. The lowest BCUT2D eigenvalue weighted by Crippen LogP contribution is -2.38. The van der Waals surface area contributed by atoms with Crippen LogP contribution in [0.1, 0.15) is 149 Å². The molecule has 0 heterocycles. The van der Waals surface area contributed by atoms with E-state index in [1.807, 2.05) is 0 Å². The number of thiocarbonyl (C=S) groups is 2. The van der Waals surface area contributed by atoms with Crippen LogP contribution in [-0.4, -0.2) is 42.9 Å². The molecule has 240 valence electrons. The minimum Gasteiger partial charge on any atom is -0.502 e. The van der Waals surface area contributed by atoms with Crippen LogP contribution in [0.5, 0.6) is 0 Å². The van der Waals surface area contributed by atoms with Crippen molar-refractivity contribution in [1.29, 1.82) is 10.5 Å². The Morgan fingerprint density at radius 1 is 0.619 bits per heavy atom. The van der Waals surface area contributed by atoms with E-state index in [0.717, 1.165) is 50.0 Å². The van der Waals surface area contributed by atoms with Gasteiger partial charge in [-0.15, -0.1) is 0 Å². The highest BCUT2D eigenvalue weighted by molar-refractivity contribution is 7.80. The molecule has 0 aromatic carbocycles. The summed E-state index contributed by atoms with van der Waals surface area (Å²) in [5.74, 6) is 1.90. The lowest BCUT2D eigenvalue weighted by molar-refractivity contribution is 0.229. The van der Waals surface area contributed by atoms with Gasteiger partial charge in [0.25, 0.3) is 0 Å². The van der Waals surface area contributed by atoms with E-state index < -0.39 is 16.5 Å². The maximum Gasteiger partial charge on any atom is 0.165 e. The largest absolute Gasteiger partial charge is 0.502 e. The molecule has 0 saturated heterocycles. The lowest BCUT2D eigenvalue weighted by atomic mass is 9.70. The van der Waals surface area contributed by atoms with Crippen molar-refractivity contribution in [3.63, 3.8) is 0 Å². The van der Waals surface area contributed by atoms with E-state index in [-0.39, 0.29) is 29.4 Å². The van der Waals surface area contributed by atoms with Crippen LogP contribution in [-0.2, 0) is 0 Å². The van der Waals surface area contributed by atoms with Gasteiger partial charge in [0.15, 0.2) is 21.2 Å². The summed E-state index contributed by atoms with van der Waals surface area (Å²) < 4.78 is 0. The molecule has 2 unspecified atom stereocenters. The summed E-state index contributed by atoms with van der Waals surface area (Å²) in [5.41, 5.74) is -3.19. The quantitative estimate of drug-likeness (QED) is 0.0288. The molecule has 0 fully saturated rings. The molecule has 42 heavy (non-hydrogen) atoms. The van der Waals surface area contributed by atoms with Crippen LogP contribution in [0.4, 0.5) is 0 Å². The third-order valence-corrected chi connectivity index (χ3v) is 9.33. The van der Waals surface area contributed by atoms with Crippen LogP contribution in [0, 0.1) is 28.1 Å². The summed E-state index contributed by atoms with van der Waals surface area (Å²) in [6, 6.07) is 4.43. The number of azo groups is 1. The van der Waals surface area contributed by atoms with Crippen molar-refractivity contribution >= 4 is 59.8 Å². The number of aliphatic hydroxyl groups excluding tert-OH is 2. The lowest BCUT2D eigenvalue weighted by Gasteiger charge is -2.36. The number of hydrogen-bond donors (Lipinski definition) is 4. The topological polar surface area (TPSA) is 113 Å². The molecule has 0 aliphatic heterocycles. The molecule has 0 aliphatic rings. The maximum absolute atomic E-state index is 10.9. The SMILES string of the molecule is CC(C#N)(CCC(O)=S)N=NC(C)(C#N)CC(CCCCCCCCCCS)(CCCCCCCCCCS)C(O)=S. The summed E-state index contributed by atoms with van der Waals surface area (Å²) in [6.07, 6.45) is 20.4. The fourth-order valence-corrected chi connectivity index (χ4v) is 6.14. The summed E-state index contributed by atoms with van der Waals surface area (Å²) in [7, 11) is 0. The van der Waals surface area contributed by atoms with Crippen molar-refractivity contribution in [1.82, 2.24) is 0 Å². The number of nitrogens with zero attached hydrogens (tertiary/aromatic N) is 4. The van der Waals surface area contributed by atoms with E-state index >= 15 is 0 Å². The fourth-order valence-electron chi connectivity index (χ4n) is 5.32. The maximum atomic E-state index is 10.9. The van der Waals surface area contributed by atoms with Gasteiger partial charge < -0.3 is 10.2 Å². The Kier molecular flexibility index (Phi) is 23.8. The number of unbranched alkanes of at least 4 members (excludes halogenated alkanes) is 14. The molecular formula is C32H56N4O2S4. The zero-order chi connectivity index (χ0) is 31.7. The number of rotatable bonds is 28. The number of aliphatic hydroxyl groups is 2. The molecule has 0 bridgehead atoms. The van der Waals surface area contributed by atoms with E-state index in [4.69, 9.17) is 24.4 Å². The molecule has 0 aromatic heterocycles. The minimum atomic E-state index is -1.26. The van der Waals surface area contributed by atoms with Crippen molar-refractivity contribution in [2.24, 2.45) is 15.6 Å². The highest BCUT2D eigenvalue weighted by Gasteiger charge is 2.42. The molecular weight excluding hydrogens is 601 g/mol. The Morgan fingerprint density at radius 2 is 0.976 bits per heavy atom. The number of hydrogen-bond acceptors (Lipinski definition) is 8. The molecule has 0 radical (unpaired) electrons. The highest BCUT2D eigenvalue weighted by Crippen LogP contribution is 2.42. The monoisotopic (exact) mass is 656 g/mol. The van der Waals surface area contributed by atoms with E-state index in [9.17, 15) is 20.7 Å². The zero-order valence-electron chi connectivity index (χ0n) is 26.2. The zero-order valence-corrected chi connectivity index (χ0v) is 29.6. The summed E-state index contributed by atoms with van der Waals surface area (Å²) in [4.78, 5) is 0. The van der Waals surface area contributed by atoms with Gasteiger partial charge in [0.1, 0.15) is 0 Å². The Morgan fingerprint density at radius 3 is 1.31 bits per heavy atom. The van der Waals surface area contributed by atoms with Crippen molar-refractivity contribution in [2.45, 2.75) is 160 Å². The van der Waals surface area contributed by atoms with Gasteiger partial charge in [-0.25, -0.2) is 0 Å². The third-order valence-electron chi connectivity index (χ3n) is 8.06. The van der Waals surface area contributed by atoms with Crippen LogP contribution < -0.4 is 0 Å². The van der Waals surface area contributed by atoms with Crippen molar-refractivity contribution in [2.75, 3.05) is 11.5 Å². The second-order valence-electron chi connectivity index (χ2n) is 12.2. The number of nitriles is 2. The van der Waals surface area contributed by atoms with Gasteiger partial charge in [-0.2, -0.15) is 46.0 Å². The summed E-state index contributed by atoms with van der Waals surface area (Å²) in [5, 5.41) is 48.7. The minimum absolute atomic E-state index is 0.0497. The Hall–Kier alpha value is -0.940. The van der Waals surface area contributed by atoms with Crippen LogP contribution in [0.3, 0.4) is 0 Å². The third kappa shape index (κ3) is 19.4. The van der Waals surface area contributed by atoms with Crippen molar-refractivity contribution in [3.05, 3.63) is 0 Å². The summed E-state index contributed by atoms with van der Waals surface area (Å²) in [6.45, 7) is 3.32. The van der Waals surface area contributed by atoms with E-state index in [1.54, 1.807) is 13.8 Å². The number of thiol groups is 2. The second kappa shape index (κ2) is 24.4. The normalized spacial score (nSPS) is 14.6. The Balaban J connectivity index is 5.47. The van der Waals surface area contributed by atoms with Crippen LogP contribution in [0.2, 0.25) is 0 Å². The molecule has 0 saturated carbocycles. The van der Waals surface area contributed by atoms with E-state index in [2.05, 4.69) is 47.6 Å². The molecule has 2 atom stereocenters. The van der Waals surface area contributed by atoms with Gasteiger partial charge in [-0.1, -0.05) is 89.9 Å². The molecule has 0 amide bonds. The average Bonchev–Trinajstić information content (AvgIpc) is 2.97. The molecule has 2 N–H and O–H groups in total. The van der Waals surface area contributed by atoms with Crippen LogP contribution in [0.25, 0.3) is 0 Å². The summed E-state index contributed by atoms with van der Waals surface area (Å²) >= 11 is 18.8. The molecule has 6 nitrogen and oxygen atoms in total. The first-order valence-corrected chi connectivity index (χ1v) is 18.0. The second-order valence-corrected chi connectivity index (χ2v) is 14.0. The molecule has 0 aliphatic carbocycles. The Labute approximate surface area is 278 Å². The average molecular weight is 657 g/mol. The van der Waals surface area contributed by atoms with Gasteiger partial charge >= 0.3 is 0 Å². The van der Waals surface area contributed by atoms with Gasteiger partial charge in [0.2, 0.25) is 0 Å². The molecule has 10 heteroatoms. The fraction of sp³-hybridized carbons (Fsp3) is 0.875. The van der Waals surface area contributed by atoms with E-state index in [1.165, 1.54) is 64.2 Å². The predicted molar refractivity (Wildman–Crippen MR) is 190 cm³/mol. The van der Waals surface area contributed by atoms with Crippen molar-refractivity contribution < 1.29 is 10.2 Å². The van der Waals surface area contributed by atoms with Gasteiger partial charge in [-0.3, -0.25) is 0 Å². The van der Waals surface area contributed by atoms with Crippen LogP contribution >= 0.6 is 49.7 Å². The van der Waals surface area contributed by atoms with Gasteiger partial charge in [-0.05, 0) is 81.9 Å². The van der Waals surface area contributed by atoms with E-state index in [0.29, 0.717) is 12.8 Å².